The van der Waals surface area contributed by atoms with E-state index >= 15 is 0 Å². The number of anilines is 3. The number of carbonyl (C=O) groups is 1. The molecule has 0 fully saturated rings. The van der Waals surface area contributed by atoms with Crippen LogP contribution in [0.25, 0.3) is 0 Å². The maximum Gasteiger partial charge on any atom is 0.255 e. The number of fused-ring (bicyclic) bond motifs is 1. The van der Waals surface area contributed by atoms with Crippen LogP contribution in [0.3, 0.4) is 0 Å². The molecule has 0 spiro atoms. The number of nitrogens with one attached hydrogen (secondary N) is 1. The van der Waals surface area contributed by atoms with E-state index in [1.54, 1.807) is 0 Å². The second kappa shape index (κ2) is 7.54. The van der Waals surface area contributed by atoms with Crippen LogP contribution in [0.15, 0.2) is 71.6 Å². The molecule has 0 saturated carbocycles. The fourth-order valence-corrected chi connectivity index (χ4v) is 4.83. The van der Waals surface area contributed by atoms with Crippen molar-refractivity contribution in [2.45, 2.75) is 11.3 Å². The molecule has 0 atom stereocenters. The molecule has 0 aromatic heterocycles. The summed E-state index contributed by atoms with van der Waals surface area (Å²) in [5.74, 6) is -0.397. The van der Waals surface area contributed by atoms with E-state index in [0.29, 0.717) is 5.69 Å². The van der Waals surface area contributed by atoms with Gasteiger partial charge in [-0.2, -0.15) is 0 Å². The summed E-state index contributed by atoms with van der Waals surface area (Å²) in [5.41, 5.74) is 4.17. The van der Waals surface area contributed by atoms with Crippen molar-refractivity contribution in [2.24, 2.45) is 0 Å². The molecular formula is C22H19ClN2O3S. The second-order valence-corrected chi connectivity index (χ2v) is 9.31. The van der Waals surface area contributed by atoms with E-state index in [1.807, 2.05) is 36.4 Å². The Kier molecular flexibility index (Phi) is 5.06. The number of halogens is 1. The van der Waals surface area contributed by atoms with Crippen molar-refractivity contribution in [3.8, 4) is 0 Å². The molecular weight excluding hydrogens is 408 g/mol. The Bertz CT molecular complexity index is 1210. The number of amides is 1. The molecule has 0 saturated heterocycles. The van der Waals surface area contributed by atoms with Gasteiger partial charge in [0.05, 0.1) is 21.3 Å². The Balaban J connectivity index is 1.66. The zero-order valence-corrected chi connectivity index (χ0v) is 17.3. The van der Waals surface area contributed by atoms with Crippen LogP contribution in [0.5, 0.6) is 0 Å². The molecule has 5 nitrogen and oxygen atoms in total. The highest BCUT2D eigenvalue weighted by molar-refractivity contribution is 7.90. The van der Waals surface area contributed by atoms with Crippen LogP contribution >= 0.6 is 11.6 Å². The summed E-state index contributed by atoms with van der Waals surface area (Å²) in [6.07, 6.45) is 2.00. The van der Waals surface area contributed by atoms with E-state index in [1.165, 1.54) is 23.8 Å². The summed E-state index contributed by atoms with van der Waals surface area (Å²) in [6.45, 7) is 0.825. The molecule has 1 aliphatic heterocycles. The van der Waals surface area contributed by atoms with Crippen LogP contribution in [0.1, 0.15) is 15.9 Å². The van der Waals surface area contributed by atoms with Crippen molar-refractivity contribution in [3.05, 3.63) is 82.9 Å². The van der Waals surface area contributed by atoms with E-state index in [9.17, 15) is 13.2 Å². The molecule has 0 unspecified atom stereocenters. The Morgan fingerprint density at radius 3 is 2.45 bits per heavy atom. The highest BCUT2D eigenvalue weighted by atomic mass is 35.5. The fourth-order valence-electron chi connectivity index (χ4n) is 3.53. The zero-order chi connectivity index (χ0) is 20.6. The van der Waals surface area contributed by atoms with Gasteiger partial charge in [-0.25, -0.2) is 8.42 Å². The molecule has 148 valence electrons. The van der Waals surface area contributed by atoms with Crippen molar-refractivity contribution in [1.29, 1.82) is 0 Å². The number of nitrogens with zero attached hydrogens (tertiary/aromatic N) is 1. The normalized spacial score (nSPS) is 13.2. The van der Waals surface area contributed by atoms with E-state index < -0.39 is 15.7 Å². The smallest absolute Gasteiger partial charge is 0.255 e. The van der Waals surface area contributed by atoms with Crippen LogP contribution in [0.4, 0.5) is 17.1 Å². The SMILES string of the molecule is CS(=O)(=O)c1cc(C(=O)Nc2ccccc2N2CCc3ccccc32)ccc1Cl. The third-order valence-electron chi connectivity index (χ3n) is 4.92. The molecule has 1 heterocycles. The van der Waals surface area contributed by atoms with Gasteiger partial charge in [0.1, 0.15) is 0 Å². The Labute approximate surface area is 174 Å². The summed E-state index contributed by atoms with van der Waals surface area (Å²) in [7, 11) is -3.54. The van der Waals surface area contributed by atoms with Crippen LogP contribution in [-0.4, -0.2) is 27.1 Å². The van der Waals surface area contributed by atoms with E-state index in [-0.39, 0.29) is 15.5 Å². The molecule has 1 N–H and O–H groups in total. The number of sulfone groups is 1. The van der Waals surface area contributed by atoms with Crippen molar-refractivity contribution < 1.29 is 13.2 Å². The Hall–Kier alpha value is -2.83. The lowest BCUT2D eigenvalue weighted by molar-refractivity contribution is 0.102. The molecule has 4 rings (SSSR count). The van der Waals surface area contributed by atoms with Gasteiger partial charge in [0.15, 0.2) is 9.84 Å². The first kappa shape index (κ1) is 19.5. The number of carbonyl (C=O) groups excluding carboxylic acids is 1. The van der Waals surface area contributed by atoms with E-state index in [2.05, 4.69) is 22.3 Å². The first-order valence-electron chi connectivity index (χ1n) is 9.10. The number of rotatable bonds is 4. The van der Waals surface area contributed by atoms with Gasteiger partial charge >= 0.3 is 0 Å². The van der Waals surface area contributed by atoms with E-state index in [0.717, 1.165) is 30.6 Å². The maximum atomic E-state index is 12.8. The van der Waals surface area contributed by atoms with Gasteiger partial charge < -0.3 is 10.2 Å². The van der Waals surface area contributed by atoms with Crippen molar-refractivity contribution in [1.82, 2.24) is 0 Å². The minimum absolute atomic E-state index is 0.0615. The number of hydrogen-bond donors (Lipinski definition) is 1. The standard InChI is InChI=1S/C22H19ClN2O3S/c1-29(27,28)21-14-16(10-11-17(21)23)22(26)24-18-7-3-5-9-20(18)25-13-12-15-6-2-4-8-19(15)25/h2-11,14H,12-13H2,1H3,(H,24,26). The topological polar surface area (TPSA) is 66.5 Å². The Morgan fingerprint density at radius 1 is 1.00 bits per heavy atom. The summed E-state index contributed by atoms with van der Waals surface area (Å²) < 4.78 is 23.8. The molecule has 0 aliphatic carbocycles. The monoisotopic (exact) mass is 426 g/mol. The quantitative estimate of drug-likeness (QED) is 0.657. The van der Waals surface area contributed by atoms with Gasteiger partial charge in [0.2, 0.25) is 0 Å². The van der Waals surface area contributed by atoms with Crippen LogP contribution < -0.4 is 10.2 Å². The first-order valence-corrected chi connectivity index (χ1v) is 11.4. The van der Waals surface area contributed by atoms with Crippen LogP contribution in [0.2, 0.25) is 5.02 Å². The summed E-state index contributed by atoms with van der Waals surface area (Å²) in [6, 6.07) is 20.0. The third kappa shape index (κ3) is 3.86. The molecule has 0 radical (unpaired) electrons. The van der Waals surface area contributed by atoms with Gasteiger partial charge in [0, 0.05) is 24.1 Å². The second-order valence-electron chi connectivity index (χ2n) is 6.92. The number of para-hydroxylation sites is 3. The molecule has 0 bridgehead atoms. The lowest BCUT2D eigenvalue weighted by Gasteiger charge is -2.23. The summed E-state index contributed by atoms with van der Waals surface area (Å²) >= 11 is 5.99. The summed E-state index contributed by atoms with van der Waals surface area (Å²) in [5, 5.41) is 3.01. The van der Waals surface area contributed by atoms with Crippen molar-refractivity contribution in [2.75, 3.05) is 23.0 Å². The largest absolute Gasteiger partial charge is 0.339 e. The molecule has 29 heavy (non-hydrogen) atoms. The van der Waals surface area contributed by atoms with Crippen molar-refractivity contribution in [3.63, 3.8) is 0 Å². The summed E-state index contributed by atoms with van der Waals surface area (Å²) in [4.78, 5) is 15.0. The molecule has 3 aromatic rings. The van der Waals surface area contributed by atoms with Crippen molar-refractivity contribution >= 4 is 44.4 Å². The highest BCUT2D eigenvalue weighted by Gasteiger charge is 2.23. The average Bonchev–Trinajstić information content (AvgIpc) is 3.12. The minimum atomic E-state index is -3.54. The van der Waals surface area contributed by atoms with Crippen LogP contribution in [0, 0.1) is 0 Å². The molecule has 3 aromatic carbocycles. The van der Waals surface area contributed by atoms with Gasteiger partial charge in [-0.15, -0.1) is 0 Å². The Morgan fingerprint density at radius 2 is 1.69 bits per heavy atom. The first-order chi connectivity index (χ1) is 13.8. The lowest BCUT2D eigenvalue weighted by Crippen LogP contribution is -2.18. The minimum Gasteiger partial charge on any atom is -0.339 e. The fraction of sp³-hybridized carbons (Fsp3) is 0.136. The zero-order valence-electron chi connectivity index (χ0n) is 15.7. The third-order valence-corrected chi connectivity index (χ3v) is 6.50. The van der Waals surface area contributed by atoms with Gasteiger partial charge in [-0.1, -0.05) is 41.9 Å². The predicted molar refractivity (Wildman–Crippen MR) is 116 cm³/mol. The predicted octanol–water partition coefficient (Wildman–Crippen LogP) is 4.69. The molecule has 7 heteroatoms. The average molecular weight is 427 g/mol. The lowest BCUT2D eigenvalue weighted by atomic mass is 10.1. The highest BCUT2D eigenvalue weighted by Crippen LogP contribution is 2.38. The number of benzene rings is 3. The number of hydrogen-bond acceptors (Lipinski definition) is 4. The van der Waals surface area contributed by atoms with Gasteiger partial charge in [0.25, 0.3) is 5.91 Å². The molecule has 1 aliphatic rings. The van der Waals surface area contributed by atoms with Crippen LogP contribution in [-0.2, 0) is 16.3 Å². The van der Waals surface area contributed by atoms with Gasteiger partial charge in [-0.05, 0) is 48.4 Å². The van der Waals surface area contributed by atoms with Gasteiger partial charge in [-0.3, -0.25) is 4.79 Å². The molecule has 1 amide bonds. The van der Waals surface area contributed by atoms with E-state index in [4.69, 9.17) is 11.6 Å². The maximum absolute atomic E-state index is 12.8.